The van der Waals surface area contributed by atoms with Crippen LogP contribution in [0.15, 0.2) is 24.3 Å². The monoisotopic (exact) mass is 281 g/mol. The molecule has 0 atom stereocenters. The number of hydrogen-bond acceptors (Lipinski definition) is 3. The van der Waals surface area contributed by atoms with Gasteiger partial charge in [0.25, 0.3) is 0 Å². The van der Waals surface area contributed by atoms with Crippen LogP contribution in [0.2, 0.25) is 0 Å². The van der Waals surface area contributed by atoms with E-state index in [9.17, 15) is 14.3 Å². The number of aliphatic carboxylic acids is 1. The van der Waals surface area contributed by atoms with Crippen LogP contribution in [-0.2, 0) is 9.53 Å². The Labute approximate surface area is 118 Å². The summed E-state index contributed by atoms with van der Waals surface area (Å²) in [5, 5.41) is 9.58. The van der Waals surface area contributed by atoms with Crippen molar-refractivity contribution in [3.63, 3.8) is 0 Å². The second-order valence-corrected chi connectivity index (χ2v) is 5.19. The fourth-order valence-corrected chi connectivity index (χ4v) is 2.63. The number of halogens is 1. The van der Waals surface area contributed by atoms with Crippen molar-refractivity contribution < 1.29 is 19.0 Å². The number of anilines is 1. The summed E-state index contributed by atoms with van der Waals surface area (Å²) in [6.45, 7) is 3.89. The van der Waals surface area contributed by atoms with E-state index in [4.69, 9.17) is 4.74 Å². The lowest BCUT2D eigenvalue weighted by Crippen LogP contribution is -2.46. The fourth-order valence-electron chi connectivity index (χ4n) is 2.63. The van der Waals surface area contributed by atoms with Crippen molar-refractivity contribution in [2.75, 3.05) is 31.2 Å². The van der Waals surface area contributed by atoms with Gasteiger partial charge in [0.1, 0.15) is 5.82 Å². The van der Waals surface area contributed by atoms with Crippen LogP contribution < -0.4 is 4.90 Å². The number of nitrogens with zero attached hydrogens (tertiary/aromatic N) is 1. The minimum absolute atomic E-state index is 0.308. The Balaban J connectivity index is 2.21. The Bertz CT molecular complexity index is 472. The fraction of sp³-hybridized carbons (Fsp3) is 0.533. The molecule has 0 spiro atoms. The van der Waals surface area contributed by atoms with Gasteiger partial charge in [-0.05, 0) is 38.0 Å². The molecule has 2 rings (SSSR count). The number of hydrogen-bond donors (Lipinski definition) is 1. The maximum atomic E-state index is 13.3. The first-order valence-electron chi connectivity index (χ1n) is 6.89. The highest BCUT2D eigenvalue weighted by atomic mass is 19.1. The van der Waals surface area contributed by atoms with Gasteiger partial charge in [0.2, 0.25) is 0 Å². The van der Waals surface area contributed by atoms with E-state index in [0.717, 1.165) is 5.69 Å². The Morgan fingerprint density at radius 2 is 2.15 bits per heavy atom. The van der Waals surface area contributed by atoms with Crippen LogP contribution in [0.3, 0.4) is 0 Å². The summed E-state index contributed by atoms with van der Waals surface area (Å²) in [6, 6.07) is 6.28. The van der Waals surface area contributed by atoms with Gasteiger partial charge in [0.15, 0.2) is 0 Å². The number of carboxylic acids is 1. The van der Waals surface area contributed by atoms with Gasteiger partial charge in [-0.2, -0.15) is 0 Å². The minimum atomic E-state index is -0.805. The molecule has 1 aromatic rings. The van der Waals surface area contributed by atoms with Crippen LogP contribution in [-0.4, -0.2) is 37.4 Å². The molecule has 1 saturated heterocycles. The predicted octanol–water partition coefficient (Wildman–Crippen LogP) is 2.53. The summed E-state index contributed by atoms with van der Waals surface area (Å²) >= 11 is 0. The topological polar surface area (TPSA) is 49.8 Å². The molecule has 0 amide bonds. The average molecular weight is 281 g/mol. The molecule has 0 aliphatic carbocycles. The highest BCUT2D eigenvalue weighted by Crippen LogP contribution is 2.33. The van der Waals surface area contributed by atoms with Crippen LogP contribution in [0, 0.1) is 11.2 Å². The van der Waals surface area contributed by atoms with E-state index in [1.165, 1.54) is 12.1 Å². The zero-order valence-corrected chi connectivity index (χ0v) is 11.6. The van der Waals surface area contributed by atoms with Crippen LogP contribution in [0.25, 0.3) is 0 Å². The van der Waals surface area contributed by atoms with Gasteiger partial charge >= 0.3 is 5.97 Å². The van der Waals surface area contributed by atoms with Crippen LogP contribution >= 0.6 is 0 Å². The van der Waals surface area contributed by atoms with E-state index >= 15 is 0 Å². The molecule has 4 nitrogen and oxygen atoms in total. The molecule has 0 saturated carbocycles. The molecule has 1 aliphatic heterocycles. The van der Waals surface area contributed by atoms with Crippen molar-refractivity contribution in [3.05, 3.63) is 30.1 Å². The van der Waals surface area contributed by atoms with Crippen LogP contribution in [0.4, 0.5) is 10.1 Å². The van der Waals surface area contributed by atoms with Gasteiger partial charge in [0.05, 0.1) is 5.41 Å². The van der Waals surface area contributed by atoms with Gasteiger partial charge in [-0.1, -0.05) is 6.07 Å². The minimum Gasteiger partial charge on any atom is -0.481 e. The lowest BCUT2D eigenvalue weighted by atomic mass is 9.79. The van der Waals surface area contributed by atoms with Crippen LogP contribution in [0.5, 0.6) is 0 Å². The van der Waals surface area contributed by atoms with E-state index in [2.05, 4.69) is 0 Å². The lowest BCUT2D eigenvalue weighted by Gasteiger charge is -2.38. The number of carbonyl (C=O) groups is 1. The lowest BCUT2D eigenvalue weighted by molar-refractivity contribution is -0.154. The van der Waals surface area contributed by atoms with E-state index < -0.39 is 11.4 Å². The molecule has 1 fully saturated rings. The third-order valence-electron chi connectivity index (χ3n) is 3.95. The second-order valence-electron chi connectivity index (χ2n) is 5.19. The standard InChI is InChI=1S/C15H20FNO3/c1-2-17(13-5-3-4-12(16)10-13)11-15(14(18)19)6-8-20-9-7-15/h3-5,10H,2,6-9,11H2,1H3,(H,18,19). The van der Waals surface area contributed by atoms with Gasteiger partial charge in [-0.25, -0.2) is 4.39 Å². The van der Waals surface area contributed by atoms with E-state index in [1.807, 2.05) is 17.9 Å². The molecule has 0 bridgehead atoms. The Morgan fingerprint density at radius 1 is 1.45 bits per heavy atom. The van der Waals surface area contributed by atoms with E-state index in [0.29, 0.717) is 39.1 Å². The summed E-state index contributed by atoms with van der Waals surface area (Å²) in [4.78, 5) is 13.6. The molecule has 20 heavy (non-hydrogen) atoms. The smallest absolute Gasteiger partial charge is 0.311 e. The summed E-state index contributed by atoms with van der Waals surface area (Å²) in [6.07, 6.45) is 0.988. The van der Waals surface area contributed by atoms with E-state index in [-0.39, 0.29) is 5.82 Å². The molecule has 0 aromatic heterocycles. The van der Waals surface area contributed by atoms with Gasteiger partial charge in [0, 0.05) is 32.0 Å². The molecule has 110 valence electrons. The third-order valence-corrected chi connectivity index (χ3v) is 3.95. The third kappa shape index (κ3) is 3.10. The molecule has 0 unspecified atom stereocenters. The molecular formula is C15H20FNO3. The molecule has 5 heteroatoms. The molecule has 1 aliphatic rings. The zero-order valence-electron chi connectivity index (χ0n) is 11.6. The number of rotatable bonds is 5. The number of ether oxygens (including phenoxy) is 1. The summed E-state index contributed by atoms with van der Waals surface area (Å²) in [7, 11) is 0. The Hall–Kier alpha value is -1.62. The summed E-state index contributed by atoms with van der Waals surface area (Å²) in [5.41, 5.74) is -0.0831. The van der Waals surface area contributed by atoms with Gasteiger partial charge < -0.3 is 14.7 Å². The molecular weight excluding hydrogens is 261 g/mol. The van der Waals surface area contributed by atoms with Crippen molar-refractivity contribution in [3.8, 4) is 0 Å². The first-order chi connectivity index (χ1) is 9.57. The quantitative estimate of drug-likeness (QED) is 0.901. The molecule has 1 N–H and O–H groups in total. The van der Waals surface area contributed by atoms with E-state index in [1.54, 1.807) is 6.07 Å². The highest BCUT2D eigenvalue weighted by molar-refractivity contribution is 5.76. The Morgan fingerprint density at radius 3 is 2.70 bits per heavy atom. The summed E-state index contributed by atoms with van der Waals surface area (Å²) in [5.74, 6) is -1.10. The number of benzene rings is 1. The molecule has 1 aromatic carbocycles. The van der Waals surface area contributed by atoms with Crippen molar-refractivity contribution in [2.24, 2.45) is 5.41 Å². The normalized spacial score (nSPS) is 17.7. The second kappa shape index (κ2) is 6.22. The molecule has 0 radical (unpaired) electrons. The number of carboxylic acid groups (broad SMARTS) is 1. The zero-order chi connectivity index (χ0) is 14.6. The van der Waals surface area contributed by atoms with Gasteiger partial charge in [-0.15, -0.1) is 0 Å². The van der Waals surface area contributed by atoms with Crippen molar-refractivity contribution in [2.45, 2.75) is 19.8 Å². The van der Waals surface area contributed by atoms with Crippen LogP contribution in [0.1, 0.15) is 19.8 Å². The first-order valence-corrected chi connectivity index (χ1v) is 6.89. The first kappa shape index (κ1) is 14.8. The van der Waals surface area contributed by atoms with Crippen molar-refractivity contribution in [1.29, 1.82) is 0 Å². The highest BCUT2D eigenvalue weighted by Gasteiger charge is 2.41. The van der Waals surface area contributed by atoms with Gasteiger partial charge in [-0.3, -0.25) is 4.79 Å². The predicted molar refractivity (Wildman–Crippen MR) is 74.4 cm³/mol. The maximum absolute atomic E-state index is 13.3. The van der Waals surface area contributed by atoms with Crippen molar-refractivity contribution in [1.82, 2.24) is 0 Å². The van der Waals surface area contributed by atoms with Crippen molar-refractivity contribution >= 4 is 11.7 Å². The maximum Gasteiger partial charge on any atom is 0.311 e. The average Bonchev–Trinajstić information content (AvgIpc) is 2.45. The molecule has 1 heterocycles. The summed E-state index contributed by atoms with van der Waals surface area (Å²) < 4.78 is 18.6. The Kier molecular flexibility index (Phi) is 4.60. The largest absolute Gasteiger partial charge is 0.481 e. The SMILES string of the molecule is CCN(CC1(C(=O)O)CCOCC1)c1cccc(F)c1.